The molecule has 0 aliphatic carbocycles. The van der Waals surface area contributed by atoms with Crippen molar-refractivity contribution in [1.29, 1.82) is 0 Å². The van der Waals surface area contributed by atoms with Crippen molar-refractivity contribution in [3.05, 3.63) is 17.5 Å². The van der Waals surface area contributed by atoms with E-state index in [-0.39, 0.29) is 18.6 Å². The van der Waals surface area contributed by atoms with E-state index in [0.29, 0.717) is 18.0 Å². The quantitative estimate of drug-likeness (QED) is 0.696. The lowest BCUT2D eigenvalue weighted by Crippen LogP contribution is -2.37. The van der Waals surface area contributed by atoms with Crippen LogP contribution in [-0.2, 0) is 6.42 Å². The molecule has 0 saturated heterocycles. The molecule has 1 amide bonds. The maximum atomic E-state index is 11.8. The molecule has 0 aliphatic rings. The summed E-state index contributed by atoms with van der Waals surface area (Å²) in [4.78, 5) is 11.8. The van der Waals surface area contributed by atoms with Gasteiger partial charge in [-0.3, -0.25) is 9.89 Å². The lowest BCUT2D eigenvalue weighted by Gasteiger charge is -2.12. The molecule has 17 heavy (non-hydrogen) atoms. The van der Waals surface area contributed by atoms with Crippen LogP contribution in [0.2, 0.25) is 0 Å². The van der Waals surface area contributed by atoms with Gasteiger partial charge in [0.15, 0.2) is 0 Å². The van der Waals surface area contributed by atoms with Gasteiger partial charge in [0.1, 0.15) is 5.69 Å². The summed E-state index contributed by atoms with van der Waals surface area (Å²) < 4.78 is 0. The molecule has 1 aromatic heterocycles. The van der Waals surface area contributed by atoms with Crippen LogP contribution in [0.1, 0.15) is 43.4 Å². The smallest absolute Gasteiger partial charge is 0.272 e. The third kappa shape index (κ3) is 4.19. The summed E-state index contributed by atoms with van der Waals surface area (Å²) >= 11 is 0. The van der Waals surface area contributed by atoms with Crippen molar-refractivity contribution in [2.75, 3.05) is 6.61 Å². The molecule has 0 bridgehead atoms. The Hall–Kier alpha value is -1.36. The Balaban J connectivity index is 2.60. The van der Waals surface area contributed by atoms with Crippen LogP contribution in [0, 0.1) is 5.92 Å². The van der Waals surface area contributed by atoms with E-state index in [0.717, 1.165) is 12.1 Å². The molecule has 1 atom stereocenters. The van der Waals surface area contributed by atoms with E-state index >= 15 is 0 Å². The van der Waals surface area contributed by atoms with E-state index in [1.165, 1.54) is 0 Å². The van der Waals surface area contributed by atoms with Crippen LogP contribution in [0.5, 0.6) is 0 Å². The highest BCUT2D eigenvalue weighted by Gasteiger charge is 2.14. The number of hydrogen-bond acceptors (Lipinski definition) is 3. The largest absolute Gasteiger partial charge is 0.394 e. The molecule has 3 N–H and O–H groups in total. The van der Waals surface area contributed by atoms with Crippen molar-refractivity contribution in [3.63, 3.8) is 0 Å². The van der Waals surface area contributed by atoms with Crippen molar-refractivity contribution in [2.45, 2.75) is 39.7 Å². The molecule has 1 unspecified atom stereocenters. The number of amides is 1. The zero-order valence-corrected chi connectivity index (χ0v) is 10.7. The van der Waals surface area contributed by atoms with Crippen LogP contribution in [-0.4, -0.2) is 33.9 Å². The normalized spacial score (nSPS) is 12.8. The van der Waals surface area contributed by atoms with E-state index < -0.39 is 0 Å². The summed E-state index contributed by atoms with van der Waals surface area (Å²) in [6.07, 6.45) is 1.57. The number of H-pyrrole nitrogens is 1. The van der Waals surface area contributed by atoms with Crippen molar-refractivity contribution < 1.29 is 9.90 Å². The van der Waals surface area contributed by atoms with E-state index in [1.54, 1.807) is 6.07 Å². The number of carbonyl (C=O) groups excluding carboxylic acids is 1. The number of nitrogens with one attached hydrogen (secondary N) is 2. The lowest BCUT2D eigenvalue weighted by atomic mass is 10.1. The minimum absolute atomic E-state index is 0.0501. The predicted octanol–water partition coefficient (Wildman–Crippen LogP) is 1.11. The standard InChI is InChI=1S/C12H21N3O2/c1-4-9(7-16)13-12(17)11-6-10(14-15-11)5-8(2)3/h6,8-9,16H,4-5,7H2,1-3H3,(H,13,17)(H,14,15). The monoisotopic (exact) mass is 239 g/mol. The van der Waals surface area contributed by atoms with Crippen molar-refractivity contribution in [1.82, 2.24) is 15.5 Å². The number of aromatic amines is 1. The molecule has 0 aliphatic heterocycles. The van der Waals surface area contributed by atoms with Gasteiger partial charge in [-0.2, -0.15) is 5.10 Å². The van der Waals surface area contributed by atoms with Crippen LogP contribution in [0.25, 0.3) is 0 Å². The first-order valence-corrected chi connectivity index (χ1v) is 6.02. The van der Waals surface area contributed by atoms with Gasteiger partial charge in [-0.05, 0) is 24.8 Å². The third-order valence-corrected chi connectivity index (χ3v) is 2.54. The number of hydrogen-bond donors (Lipinski definition) is 3. The van der Waals surface area contributed by atoms with Crippen molar-refractivity contribution in [2.24, 2.45) is 5.92 Å². The Kier molecular flexibility index (Phi) is 5.15. The van der Waals surface area contributed by atoms with Gasteiger partial charge in [0.2, 0.25) is 0 Å². The summed E-state index contributed by atoms with van der Waals surface area (Å²) in [6, 6.07) is 1.56. The van der Waals surface area contributed by atoms with Gasteiger partial charge >= 0.3 is 0 Å². The molecular weight excluding hydrogens is 218 g/mol. The fourth-order valence-corrected chi connectivity index (χ4v) is 1.56. The second kappa shape index (κ2) is 6.39. The number of aliphatic hydroxyl groups is 1. The molecule has 5 heteroatoms. The molecule has 0 radical (unpaired) electrons. The zero-order valence-electron chi connectivity index (χ0n) is 10.7. The molecule has 1 aromatic rings. The topological polar surface area (TPSA) is 78.0 Å². The van der Waals surface area contributed by atoms with Gasteiger partial charge in [0.25, 0.3) is 5.91 Å². The Bertz CT molecular complexity index is 356. The Morgan fingerprint density at radius 2 is 2.29 bits per heavy atom. The van der Waals surface area contributed by atoms with Gasteiger partial charge in [-0.15, -0.1) is 0 Å². The van der Waals surface area contributed by atoms with Crippen LogP contribution in [0.4, 0.5) is 0 Å². The van der Waals surface area contributed by atoms with E-state index in [9.17, 15) is 4.79 Å². The average molecular weight is 239 g/mol. The maximum Gasteiger partial charge on any atom is 0.272 e. The molecule has 5 nitrogen and oxygen atoms in total. The van der Waals surface area contributed by atoms with Gasteiger partial charge in [0.05, 0.1) is 12.6 Å². The fourth-order valence-electron chi connectivity index (χ4n) is 1.56. The Labute approximate surface area is 102 Å². The minimum atomic E-state index is -0.239. The number of aliphatic hydroxyl groups excluding tert-OH is 1. The van der Waals surface area contributed by atoms with Gasteiger partial charge < -0.3 is 10.4 Å². The second-order valence-corrected chi connectivity index (χ2v) is 4.64. The van der Waals surface area contributed by atoms with Gasteiger partial charge in [-0.25, -0.2) is 0 Å². The first kappa shape index (κ1) is 13.7. The Morgan fingerprint density at radius 1 is 1.59 bits per heavy atom. The summed E-state index contributed by atoms with van der Waals surface area (Å²) in [7, 11) is 0. The molecule has 0 spiro atoms. The maximum absolute atomic E-state index is 11.8. The predicted molar refractivity (Wildman–Crippen MR) is 65.8 cm³/mol. The van der Waals surface area contributed by atoms with Crippen LogP contribution in [0.15, 0.2) is 6.07 Å². The minimum Gasteiger partial charge on any atom is -0.394 e. The Morgan fingerprint density at radius 3 is 2.82 bits per heavy atom. The number of carbonyl (C=O) groups is 1. The molecule has 0 aromatic carbocycles. The molecule has 0 saturated carbocycles. The van der Waals surface area contributed by atoms with Crippen LogP contribution in [0.3, 0.4) is 0 Å². The van der Waals surface area contributed by atoms with Crippen molar-refractivity contribution >= 4 is 5.91 Å². The van der Waals surface area contributed by atoms with E-state index in [2.05, 4.69) is 29.4 Å². The highest BCUT2D eigenvalue weighted by Crippen LogP contribution is 2.07. The fraction of sp³-hybridized carbons (Fsp3) is 0.667. The molecule has 96 valence electrons. The van der Waals surface area contributed by atoms with Crippen molar-refractivity contribution in [3.8, 4) is 0 Å². The lowest BCUT2D eigenvalue weighted by molar-refractivity contribution is 0.0910. The number of nitrogens with zero attached hydrogens (tertiary/aromatic N) is 1. The number of aromatic nitrogens is 2. The highest BCUT2D eigenvalue weighted by atomic mass is 16.3. The van der Waals surface area contributed by atoms with Gasteiger partial charge in [-0.1, -0.05) is 20.8 Å². The zero-order chi connectivity index (χ0) is 12.8. The van der Waals surface area contributed by atoms with E-state index in [1.807, 2.05) is 6.92 Å². The average Bonchev–Trinajstić information content (AvgIpc) is 2.73. The second-order valence-electron chi connectivity index (χ2n) is 4.64. The molecular formula is C12H21N3O2. The van der Waals surface area contributed by atoms with E-state index in [4.69, 9.17) is 5.11 Å². The number of rotatable bonds is 6. The molecule has 0 fully saturated rings. The summed E-state index contributed by atoms with van der Waals surface area (Å²) in [5, 5.41) is 18.6. The van der Waals surface area contributed by atoms with Crippen LogP contribution < -0.4 is 5.32 Å². The summed E-state index contributed by atoms with van der Waals surface area (Å²) in [6.45, 7) is 6.08. The first-order valence-electron chi connectivity index (χ1n) is 6.02. The third-order valence-electron chi connectivity index (χ3n) is 2.54. The SMILES string of the molecule is CCC(CO)NC(=O)c1cc(CC(C)C)[nH]n1. The summed E-state index contributed by atoms with van der Waals surface area (Å²) in [5.74, 6) is 0.282. The first-order chi connectivity index (χ1) is 8.06. The molecule has 1 heterocycles. The highest BCUT2D eigenvalue weighted by molar-refractivity contribution is 5.92. The van der Waals surface area contributed by atoms with Gasteiger partial charge in [0, 0.05) is 5.69 Å². The summed E-state index contributed by atoms with van der Waals surface area (Å²) in [5.41, 5.74) is 1.34. The molecule has 1 rings (SSSR count). The van der Waals surface area contributed by atoms with Crippen LogP contribution >= 0.6 is 0 Å².